The van der Waals surface area contributed by atoms with E-state index in [-0.39, 0.29) is 27.1 Å². The lowest BCUT2D eigenvalue weighted by Gasteiger charge is -2.30. The molecule has 0 saturated carbocycles. The van der Waals surface area contributed by atoms with Gasteiger partial charge in [0, 0.05) is 55.8 Å². The third kappa shape index (κ3) is 9.02. The number of anilines is 6. The van der Waals surface area contributed by atoms with Crippen LogP contribution in [0.4, 0.5) is 34.1 Å². The number of aryl methyl sites for hydroxylation is 1. The van der Waals surface area contributed by atoms with E-state index in [1.807, 2.05) is 0 Å². The Kier molecular flexibility index (Phi) is 13.0. The van der Waals surface area contributed by atoms with Crippen LogP contribution in [0.2, 0.25) is 0 Å². The lowest BCUT2D eigenvalue weighted by Crippen LogP contribution is -2.17. The van der Waals surface area contributed by atoms with Gasteiger partial charge in [-0.2, -0.15) is 0 Å². The van der Waals surface area contributed by atoms with Crippen LogP contribution in [-0.4, -0.2) is 0 Å². The number of hydrogen-bond acceptors (Lipinski definition) is 2. The predicted molar refractivity (Wildman–Crippen MR) is 430 cm³/mol. The molecule has 4 aliphatic carbocycles. The standard InChI is InChI=1S/C99H82N2/c1-59-29-35-67(36-30-59)100(71-39-45-75-73-25-17-19-27-85(73)96(5,6)91(75)57-71)69-41-47-79-83(55-69)93(64-31-43-77-81-49-60-21-13-15-23-62(60)51-89(81)98(9,10)87(77)53-64)80-48-42-70(56-84(80)94(79)65-32-44-78-82-50-61-22-14-16-24-63(61)52-90(82)99(11,12)88(78)54-65)101(68-37-33-66(34-38-68)95(2,3)4)72-40-46-76-74-26-18-20-28-86(74)97(7,8)92(76)58-72/h13-58H,1-12H3. The fraction of sp³-hybridized carbons (Fsp3) is 0.172. The van der Waals surface area contributed by atoms with E-state index in [1.165, 1.54) is 165 Å². The first kappa shape index (κ1) is 61.1. The van der Waals surface area contributed by atoms with Gasteiger partial charge in [0.05, 0.1) is 0 Å². The van der Waals surface area contributed by atoms with Gasteiger partial charge >= 0.3 is 0 Å². The van der Waals surface area contributed by atoms with Gasteiger partial charge in [-0.15, -0.1) is 0 Å². The number of hydrogen-bond donors (Lipinski definition) is 0. The molecule has 0 radical (unpaired) electrons. The van der Waals surface area contributed by atoms with Crippen molar-refractivity contribution in [1.29, 1.82) is 0 Å². The molecule has 19 rings (SSSR count). The van der Waals surface area contributed by atoms with Gasteiger partial charge in [-0.3, -0.25) is 0 Å². The van der Waals surface area contributed by atoms with Gasteiger partial charge in [-0.25, -0.2) is 0 Å². The summed E-state index contributed by atoms with van der Waals surface area (Å²) in [6.07, 6.45) is 0. The predicted octanol–water partition coefficient (Wildman–Crippen LogP) is 27.4. The largest absolute Gasteiger partial charge is 0.310 e. The van der Waals surface area contributed by atoms with Crippen LogP contribution in [0.25, 0.3) is 110 Å². The second-order valence-corrected chi connectivity index (χ2v) is 32.6. The first-order valence-electron chi connectivity index (χ1n) is 36.3. The van der Waals surface area contributed by atoms with Gasteiger partial charge in [-0.1, -0.05) is 252 Å². The highest BCUT2D eigenvalue weighted by Crippen LogP contribution is 2.58. The van der Waals surface area contributed by atoms with E-state index in [0.717, 1.165) is 34.1 Å². The summed E-state index contributed by atoms with van der Waals surface area (Å²) >= 11 is 0. The molecule has 0 spiro atoms. The van der Waals surface area contributed by atoms with Gasteiger partial charge < -0.3 is 9.80 Å². The topological polar surface area (TPSA) is 6.48 Å². The van der Waals surface area contributed by atoms with Crippen LogP contribution in [0.3, 0.4) is 0 Å². The second kappa shape index (κ2) is 21.5. The van der Waals surface area contributed by atoms with Crippen LogP contribution in [0.1, 0.15) is 132 Å². The Balaban J connectivity index is 0.907. The van der Waals surface area contributed by atoms with Crippen molar-refractivity contribution in [2.45, 2.75) is 110 Å². The highest BCUT2D eigenvalue weighted by atomic mass is 15.1. The maximum absolute atomic E-state index is 2.57. The summed E-state index contributed by atoms with van der Waals surface area (Å²) < 4.78 is 0. The summed E-state index contributed by atoms with van der Waals surface area (Å²) in [6.45, 7) is 28.5. The molecule has 0 N–H and O–H groups in total. The molecular weight excluding hydrogens is 1220 g/mol. The van der Waals surface area contributed by atoms with Crippen LogP contribution in [0.15, 0.2) is 279 Å². The quantitative estimate of drug-likeness (QED) is 0.140. The summed E-state index contributed by atoms with van der Waals surface area (Å²) in [5.41, 5.74) is 34.5. The SMILES string of the molecule is Cc1ccc(N(c2ccc3c(c2)C(C)(C)c2ccccc2-3)c2ccc3c(-c4ccc5c(c4)C(C)(C)c4cc6ccccc6cc4-5)c4cc(N(c5ccc(C(C)(C)C)cc5)c5ccc6c(c5)C(C)(C)c5ccccc5-6)ccc4c(-c4ccc5c(c4)C(C)(C)c4cc6ccccc6cc4-5)c3c2)cc1. The lowest BCUT2D eigenvalue weighted by molar-refractivity contribution is 0.590. The number of benzene rings is 15. The summed E-state index contributed by atoms with van der Waals surface area (Å²) in [5.74, 6) is 0. The minimum absolute atomic E-state index is 0.0212. The molecule has 15 aromatic carbocycles. The Morgan fingerprint density at radius 2 is 0.545 bits per heavy atom. The highest BCUT2D eigenvalue weighted by Gasteiger charge is 2.41. The molecule has 0 aromatic heterocycles. The molecule has 15 aromatic rings. The molecule has 101 heavy (non-hydrogen) atoms. The molecule has 0 amide bonds. The Hall–Kier alpha value is -11.1. The molecule has 0 unspecified atom stereocenters. The summed E-state index contributed by atoms with van der Waals surface area (Å²) in [4.78, 5) is 5.05. The van der Waals surface area contributed by atoms with E-state index in [4.69, 9.17) is 0 Å². The smallest absolute Gasteiger partial charge is 0.0468 e. The molecule has 2 nitrogen and oxygen atoms in total. The third-order valence-corrected chi connectivity index (χ3v) is 24.2. The van der Waals surface area contributed by atoms with Crippen LogP contribution in [0, 0.1) is 6.92 Å². The fourth-order valence-electron chi connectivity index (χ4n) is 18.6. The van der Waals surface area contributed by atoms with E-state index >= 15 is 0 Å². The maximum atomic E-state index is 2.57. The zero-order valence-corrected chi connectivity index (χ0v) is 60.0. The normalized spacial score (nSPS) is 15.0. The zero-order chi connectivity index (χ0) is 69.0. The molecule has 0 fully saturated rings. The molecule has 488 valence electrons. The van der Waals surface area contributed by atoms with Crippen LogP contribution in [0.5, 0.6) is 0 Å². The summed E-state index contributed by atoms with van der Waals surface area (Å²) in [5, 5.41) is 9.90. The summed E-state index contributed by atoms with van der Waals surface area (Å²) in [6, 6.07) is 108. The van der Waals surface area contributed by atoms with Gasteiger partial charge in [-0.05, 0) is 281 Å². The number of nitrogens with zero attached hydrogens (tertiary/aromatic N) is 2. The fourth-order valence-corrected chi connectivity index (χ4v) is 18.6. The van der Waals surface area contributed by atoms with Crippen molar-refractivity contribution in [1.82, 2.24) is 0 Å². The van der Waals surface area contributed by atoms with E-state index < -0.39 is 0 Å². The first-order valence-corrected chi connectivity index (χ1v) is 36.3. The molecule has 4 aliphatic rings. The number of fused-ring (bicyclic) bond motifs is 16. The van der Waals surface area contributed by atoms with E-state index in [1.54, 1.807) is 0 Å². The van der Waals surface area contributed by atoms with Crippen molar-refractivity contribution in [2.24, 2.45) is 0 Å². The lowest BCUT2D eigenvalue weighted by atomic mass is 9.79. The third-order valence-electron chi connectivity index (χ3n) is 24.2. The molecule has 2 heteroatoms. The molecular formula is C99H82N2. The first-order chi connectivity index (χ1) is 48.6. The van der Waals surface area contributed by atoms with Crippen molar-refractivity contribution in [3.8, 4) is 66.8 Å². The average Bonchev–Trinajstić information content (AvgIpc) is 1.72. The van der Waals surface area contributed by atoms with Crippen molar-refractivity contribution in [2.75, 3.05) is 9.80 Å². The zero-order valence-electron chi connectivity index (χ0n) is 60.0. The van der Waals surface area contributed by atoms with E-state index in [0.29, 0.717) is 0 Å². The van der Waals surface area contributed by atoms with Crippen molar-refractivity contribution in [3.63, 3.8) is 0 Å². The van der Waals surface area contributed by atoms with Crippen LogP contribution < -0.4 is 9.80 Å². The van der Waals surface area contributed by atoms with Crippen LogP contribution in [-0.2, 0) is 27.1 Å². The Labute approximate surface area is 594 Å². The molecule has 0 saturated heterocycles. The molecule has 0 bridgehead atoms. The van der Waals surface area contributed by atoms with Crippen molar-refractivity contribution < 1.29 is 0 Å². The highest BCUT2D eigenvalue weighted by molar-refractivity contribution is 6.23. The second-order valence-electron chi connectivity index (χ2n) is 32.6. The van der Waals surface area contributed by atoms with E-state index in [9.17, 15) is 0 Å². The maximum Gasteiger partial charge on any atom is 0.0468 e. The molecule has 0 aliphatic heterocycles. The van der Waals surface area contributed by atoms with E-state index in [2.05, 4.69) is 372 Å². The van der Waals surface area contributed by atoms with Crippen molar-refractivity contribution >= 4 is 77.2 Å². The molecule has 0 atom stereocenters. The monoisotopic (exact) mass is 1300 g/mol. The number of rotatable bonds is 8. The minimum atomic E-state index is -0.271. The van der Waals surface area contributed by atoms with Gasteiger partial charge in [0.1, 0.15) is 0 Å². The minimum Gasteiger partial charge on any atom is -0.310 e. The Morgan fingerprint density at radius 1 is 0.238 bits per heavy atom. The van der Waals surface area contributed by atoms with Gasteiger partial charge in [0.25, 0.3) is 0 Å². The summed E-state index contributed by atoms with van der Waals surface area (Å²) in [7, 11) is 0. The van der Waals surface area contributed by atoms with Gasteiger partial charge in [0.2, 0.25) is 0 Å². The van der Waals surface area contributed by atoms with Crippen LogP contribution >= 0.6 is 0 Å². The van der Waals surface area contributed by atoms with Gasteiger partial charge in [0.15, 0.2) is 0 Å². The molecule has 0 heterocycles. The van der Waals surface area contributed by atoms with Crippen molar-refractivity contribution in [3.05, 3.63) is 335 Å². The average molecular weight is 1300 g/mol. The Morgan fingerprint density at radius 3 is 0.970 bits per heavy atom. The Bertz CT molecular complexity index is 6060.